The summed E-state index contributed by atoms with van der Waals surface area (Å²) in [5, 5.41) is 0. The topological polar surface area (TPSA) is 0 Å². The second-order valence-electron chi connectivity index (χ2n) is 0.793. The summed E-state index contributed by atoms with van der Waals surface area (Å²) in [6, 6.07) is 4.17. The van der Waals surface area contributed by atoms with Gasteiger partial charge in [-0.3, -0.25) is 0 Å². The first-order valence-corrected chi connectivity index (χ1v) is 3.45. The molecule has 1 aromatic rings. The number of rotatable bonds is 0. The number of hydrogen-bond acceptors (Lipinski definition) is 0. The van der Waals surface area contributed by atoms with E-state index in [1.165, 1.54) is 0 Å². The molecule has 0 saturated carbocycles. The van der Waals surface area contributed by atoms with Crippen LogP contribution in [0.25, 0.3) is 0 Å². The maximum atomic E-state index is 2.19. The Morgan fingerprint density at radius 2 is 1.50 bits per heavy atom. The predicted octanol–water partition coefficient (Wildman–Crippen LogP) is 0.363. The molecule has 2 heteroatoms. The van der Waals surface area contributed by atoms with Gasteiger partial charge in [-0.25, -0.2) is 0 Å². The van der Waals surface area contributed by atoms with Crippen LogP contribution < -0.4 is 0 Å². The first kappa shape index (κ1) is 6.54. The molecule has 0 aromatic carbocycles. The summed E-state index contributed by atoms with van der Waals surface area (Å²) in [5.74, 6) is 0. The molecule has 0 unspecified atom stereocenters. The quantitative estimate of drug-likeness (QED) is 0.535. The molecule has 0 spiro atoms. The minimum absolute atomic E-state index is 0. The van der Waals surface area contributed by atoms with E-state index < -0.39 is 0 Å². The fraction of sp³-hybridized carbons (Fsp3) is 0. The Hall–Kier alpha value is 0.542. The normalized spacial score (nSPS) is 6.67. The third kappa shape index (κ3) is 1.86. The van der Waals surface area contributed by atoms with Gasteiger partial charge >= 0.3 is 36.5 Å². The molecule has 6 heavy (non-hydrogen) atoms. The molecule has 0 fully saturated rings. The first-order valence-electron chi connectivity index (χ1n) is 1.47. The van der Waals surface area contributed by atoms with Crippen LogP contribution in [0.15, 0.2) is 22.0 Å². The van der Waals surface area contributed by atoms with Crippen LogP contribution >= 0.6 is 0 Å². The standard InChI is InChI=1S/C4H4Se.Ge/c1-2-4-5-3-1;/h1-4H;. The Labute approximate surface area is 54.3 Å². The van der Waals surface area contributed by atoms with E-state index in [0.717, 1.165) is 0 Å². The number of hydrogen-bond donors (Lipinski definition) is 0. The average Bonchev–Trinajstić information content (AvgIpc) is 1.76. The molecule has 0 N–H and O–H groups in total. The van der Waals surface area contributed by atoms with Crippen molar-refractivity contribution in [3.05, 3.63) is 22.0 Å². The van der Waals surface area contributed by atoms with E-state index in [4.69, 9.17) is 0 Å². The van der Waals surface area contributed by atoms with E-state index in [0.29, 0.717) is 14.5 Å². The van der Waals surface area contributed by atoms with E-state index in [2.05, 4.69) is 22.0 Å². The van der Waals surface area contributed by atoms with Gasteiger partial charge < -0.3 is 0 Å². The minimum atomic E-state index is 0. The van der Waals surface area contributed by atoms with Crippen LogP contribution in [-0.2, 0) is 0 Å². The molecule has 30 valence electrons. The molecule has 1 heterocycles. The molecule has 0 atom stereocenters. The van der Waals surface area contributed by atoms with E-state index in [1.807, 2.05) is 0 Å². The van der Waals surface area contributed by atoms with E-state index in [1.54, 1.807) is 0 Å². The fourth-order valence-corrected chi connectivity index (χ4v) is 1.18. The Morgan fingerprint density at radius 3 is 1.67 bits per heavy atom. The molecule has 0 saturated heterocycles. The molecule has 0 aliphatic carbocycles. The van der Waals surface area contributed by atoms with Gasteiger partial charge in [-0.1, -0.05) is 0 Å². The third-order valence-electron chi connectivity index (χ3n) is 0.425. The van der Waals surface area contributed by atoms with Crippen LogP contribution in [0.2, 0.25) is 0 Å². The molecule has 1 rings (SSSR count). The summed E-state index contributed by atoms with van der Waals surface area (Å²) in [7, 11) is 0. The Balaban J connectivity index is 0.000000250. The van der Waals surface area contributed by atoms with Gasteiger partial charge in [0.15, 0.2) is 0 Å². The van der Waals surface area contributed by atoms with Crippen molar-refractivity contribution in [1.29, 1.82) is 0 Å². The zero-order chi connectivity index (χ0) is 3.54. The molecule has 0 aliphatic rings. The summed E-state index contributed by atoms with van der Waals surface area (Å²) in [6.07, 6.45) is 0. The summed E-state index contributed by atoms with van der Waals surface area (Å²) in [6.45, 7) is 0. The van der Waals surface area contributed by atoms with Gasteiger partial charge in [0.2, 0.25) is 0 Å². The molecule has 4 radical (unpaired) electrons. The zero-order valence-electron chi connectivity index (χ0n) is 3.22. The zero-order valence-corrected chi connectivity index (χ0v) is 7.03. The van der Waals surface area contributed by atoms with Crippen molar-refractivity contribution < 1.29 is 0 Å². The molecular formula is C4H4GeSe. The van der Waals surface area contributed by atoms with E-state index in [-0.39, 0.29) is 17.6 Å². The van der Waals surface area contributed by atoms with Crippen LogP contribution in [0.1, 0.15) is 0 Å². The second kappa shape index (κ2) is 3.72. The second-order valence-corrected chi connectivity index (χ2v) is 2.51. The van der Waals surface area contributed by atoms with E-state index in [9.17, 15) is 0 Å². The van der Waals surface area contributed by atoms with Crippen LogP contribution in [0, 0.1) is 0 Å². The van der Waals surface area contributed by atoms with Crippen LogP contribution in [0.3, 0.4) is 0 Å². The fourth-order valence-electron chi connectivity index (χ4n) is 0.227. The summed E-state index contributed by atoms with van der Waals surface area (Å²) >= 11 is 0.708. The van der Waals surface area contributed by atoms with Crippen LogP contribution in [-0.4, -0.2) is 32.1 Å². The van der Waals surface area contributed by atoms with Gasteiger partial charge in [-0.05, 0) is 0 Å². The summed E-state index contributed by atoms with van der Waals surface area (Å²) in [4.78, 5) is 4.38. The van der Waals surface area contributed by atoms with Crippen molar-refractivity contribution in [3.8, 4) is 0 Å². The van der Waals surface area contributed by atoms with E-state index >= 15 is 0 Å². The molecule has 0 nitrogen and oxygen atoms in total. The first-order chi connectivity index (χ1) is 2.50. The molecule has 0 aliphatic heterocycles. The van der Waals surface area contributed by atoms with Crippen LogP contribution in [0.4, 0.5) is 0 Å². The molecule has 0 amide bonds. The molecule has 0 bridgehead atoms. The van der Waals surface area contributed by atoms with Gasteiger partial charge in [-0.2, -0.15) is 0 Å². The van der Waals surface area contributed by atoms with Gasteiger partial charge in [0.05, 0.1) is 0 Å². The van der Waals surface area contributed by atoms with Crippen molar-refractivity contribution in [2.45, 2.75) is 0 Å². The van der Waals surface area contributed by atoms with Crippen molar-refractivity contribution >= 4 is 32.1 Å². The average molecular weight is 204 g/mol. The van der Waals surface area contributed by atoms with Gasteiger partial charge in [-0.15, -0.1) is 0 Å². The van der Waals surface area contributed by atoms with Crippen LogP contribution in [0.5, 0.6) is 0 Å². The Kier molecular flexibility index (Phi) is 4.06. The van der Waals surface area contributed by atoms with Crippen molar-refractivity contribution in [2.75, 3.05) is 0 Å². The Morgan fingerprint density at radius 1 is 1.00 bits per heavy atom. The monoisotopic (exact) mass is 206 g/mol. The van der Waals surface area contributed by atoms with Gasteiger partial charge in [0.25, 0.3) is 0 Å². The third-order valence-corrected chi connectivity index (χ3v) is 1.74. The SMILES string of the molecule is [Ge].c1cc[se]c1. The van der Waals surface area contributed by atoms with Crippen molar-refractivity contribution in [3.63, 3.8) is 0 Å². The van der Waals surface area contributed by atoms with Gasteiger partial charge in [0, 0.05) is 17.6 Å². The Bertz CT molecular complexity index is 64.0. The van der Waals surface area contributed by atoms with Crippen molar-refractivity contribution in [1.82, 2.24) is 0 Å². The summed E-state index contributed by atoms with van der Waals surface area (Å²) < 4.78 is 0. The predicted molar refractivity (Wildman–Crippen MR) is 29.1 cm³/mol. The molecular weight excluding hydrogens is 200 g/mol. The maximum absolute atomic E-state index is 2.19. The van der Waals surface area contributed by atoms with Crippen molar-refractivity contribution in [2.24, 2.45) is 0 Å². The summed E-state index contributed by atoms with van der Waals surface area (Å²) in [5.41, 5.74) is 0. The van der Waals surface area contributed by atoms with Gasteiger partial charge in [0.1, 0.15) is 0 Å². The molecule has 1 aromatic heterocycles.